The Morgan fingerprint density at radius 1 is 1.00 bits per heavy atom. The van der Waals surface area contributed by atoms with Gasteiger partial charge < -0.3 is 13.6 Å². The maximum Gasteiger partial charge on any atom is 0.193 e. The highest BCUT2D eigenvalue weighted by atomic mass is 28.4. The van der Waals surface area contributed by atoms with Crippen molar-refractivity contribution in [3.05, 3.63) is 24.8 Å². The van der Waals surface area contributed by atoms with E-state index in [0.29, 0.717) is 5.92 Å². The molecule has 0 amide bonds. The predicted octanol–water partition coefficient (Wildman–Crippen LogP) is 7.32. The first-order valence-electron chi connectivity index (χ1n) is 11.2. The first kappa shape index (κ1) is 26.8. The molecule has 0 aromatic rings. The lowest BCUT2D eigenvalue weighted by molar-refractivity contribution is -0.132. The Balaban J connectivity index is 3.15. The zero-order valence-corrected chi connectivity index (χ0v) is 23.3. The van der Waals surface area contributed by atoms with E-state index in [4.69, 9.17) is 13.6 Å². The monoisotopic (exact) mass is 440 g/mol. The molecule has 5 atom stereocenters. The van der Waals surface area contributed by atoms with E-state index in [1.807, 2.05) is 6.08 Å². The summed E-state index contributed by atoms with van der Waals surface area (Å²) < 4.78 is 20.2. The van der Waals surface area contributed by atoms with Gasteiger partial charge in [0.1, 0.15) is 0 Å². The fraction of sp³-hybridized carbons (Fsp3) is 0.833. The van der Waals surface area contributed by atoms with Crippen LogP contribution in [0.3, 0.4) is 0 Å². The van der Waals surface area contributed by atoms with Gasteiger partial charge >= 0.3 is 0 Å². The number of ether oxygens (including phenoxy) is 1. The van der Waals surface area contributed by atoms with Crippen molar-refractivity contribution in [2.45, 2.75) is 122 Å². The molecule has 0 N–H and O–H groups in total. The number of hydrogen-bond acceptors (Lipinski definition) is 3. The Morgan fingerprint density at radius 3 is 1.93 bits per heavy atom. The summed E-state index contributed by atoms with van der Waals surface area (Å²) in [5.41, 5.74) is 0. The Morgan fingerprint density at radius 2 is 1.52 bits per heavy atom. The van der Waals surface area contributed by atoms with E-state index in [1.165, 1.54) is 0 Å². The minimum atomic E-state index is -1.93. The molecule has 1 fully saturated rings. The molecule has 1 aliphatic heterocycles. The fourth-order valence-corrected chi connectivity index (χ4v) is 5.87. The quantitative estimate of drug-likeness (QED) is 0.306. The molecular weight excluding hydrogens is 392 g/mol. The van der Waals surface area contributed by atoms with E-state index < -0.39 is 16.6 Å². The molecule has 29 heavy (non-hydrogen) atoms. The van der Waals surface area contributed by atoms with Gasteiger partial charge in [0.2, 0.25) is 0 Å². The molecule has 1 aliphatic rings. The molecule has 0 aliphatic carbocycles. The van der Waals surface area contributed by atoms with Crippen LogP contribution in [-0.2, 0) is 13.6 Å². The van der Waals surface area contributed by atoms with Crippen molar-refractivity contribution < 1.29 is 13.6 Å². The zero-order valence-electron chi connectivity index (χ0n) is 21.3. The summed E-state index contributed by atoms with van der Waals surface area (Å²) in [4.78, 5) is 0. The molecule has 170 valence electrons. The minimum Gasteiger partial charge on any atom is -0.413 e. The minimum absolute atomic E-state index is 0.0335. The van der Waals surface area contributed by atoms with Gasteiger partial charge in [0.15, 0.2) is 16.6 Å². The van der Waals surface area contributed by atoms with E-state index in [9.17, 15) is 0 Å². The number of hydrogen-bond donors (Lipinski definition) is 0. The maximum absolute atomic E-state index is 6.90. The van der Waals surface area contributed by atoms with Crippen LogP contribution in [0.25, 0.3) is 0 Å². The largest absolute Gasteiger partial charge is 0.413 e. The molecule has 3 nitrogen and oxygen atoms in total. The summed E-state index contributed by atoms with van der Waals surface area (Å²) in [5, 5.41) is 0.335. The lowest BCUT2D eigenvalue weighted by Gasteiger charge is -2.48. The summed E-state index contributed by atoms with van der Waals surface area (Å²) in [6, 6.07) is 0. The van der Waals surface area contributed by atoms with Gasteiger partial charge in [-0.2, -0.15) is 0 Å². The second-order valence-corrected chi connectivity index (χ2v) is 21.3. The first-order chi connectivity index (χ1) is 13.0. The van der Waals surface area contributed by atoms with Gasteiger partial charge in [-0.3, -0.25) is 0 Å². The van der Waals surface area contributed by atoms with Crippen LogP contribution in [0.5, 0.6) is 0 Å². The third-order valence-corrected chi connectivity index (χ3v) is 16.3. The highest BCUT2D eigenvalue weighted by molar-refractivity contribution is 6.74. The molecule has 0 unspecified atom stereocenters. The van der Waals surface area contributed by atoms with Gasteiger partial charge in [0.25, 0.3) is 0 Å². The molecular formula is C24H48O3Si2. The Kier molecular flexibility index (Phi) is 8.80. The van der Waals surface area contributed by atoms with E-state index >= 15 is 0 Å². The van der Waals surface area contributed by atoms with Crippen LogP contribution in [0.4, 0.5) is 0 Å². The Labute approximate surface area is 183 Å². The summed E-state index contributed by atoms with van der Waals surface area (Å²) in [6.45, 7) is 31.4. The zero-order chi connectivity index (χ0) is 22.8. The molecule has 5 heteroatoms. The average Bonchev–Trinajstić information content (AvgIpc) is 2.54. The molecule has 0 aromatic carbocycles. The van der Waals surface area contributed by atoms with Crippen LogP contribution in [-0.4, -0.2) is 41.1 Å². The van der Waals surface area contributed by atoms with Crippen molar-refractivity contribution in [2.75, 3.05) is 0 Å². The molecule has 1 saturated heterocycles. The van der Waals surface area contributed by atoms with Crippen molar-refractivity contribution in [3.63, 3.8) is 0 Å². The third kappa shape index (κ3) is 6.63. The SMILES string of the molecule is C=C[C@@H](O[Si](C)(C)C(C)(C)C)[C@@H]1C[C@@H](O[Si](C)(C)C(C)(C)C)[C@H](C)[C@H](/C=C/C)O1. The van der Waals surface area contributed by atoms with Crippen LogP contribution in [0.15, 0.2) is 24.8 Å². The summed E-state index contributed by atoms with van der Waals surface area (Å²) in [6.07, 6.45) is 7.12. The van der Waals surface area contributed by atoms with E-state index in [2.05, 4.69) is 100 Å². The fourth-order valence-electron chi connectivity index (χ4n) is 3.16. The lowest BCUT2D eigenvalue weighted by atomic mass is 9.88. The first-order valence-corrected chi connectivity index (χ1v) is 17.0. The summed E-state index contributed by atoms with van der Waals surface area (Å²) >= 11 is 0. The molecule has 0 radical (unpaired) electrons. The van der Waals surface area contributed by atoms with Crippen molar-refractivity contribution in [2.24, 2.45) is 5.92 Å². The van der Waals surface area contributed by atoms with Gasteiger partial charge in [-0.25, -0.2) is 0 Å². The van der Waals surface area contributed by atoms with Crippen LogP contribution in [0.2, 0.25) is 36.3 Å². The van der Waals surface area contributed by atoms with Crippen LogP contribution in [0, 0.1) is 5.92 Å². The topological polar surface area (TPSA) is 27.7 Å². The lowest BCUT2D eigenvalue weighted by Crippen LogP contribution is -2.55. The summed E-state index contributed by atoms with van der Waals surface area (Å²) in [5.74, 6) is 0.315. The van der Waals surface area contributed by atoms with E-state index in [1.54, 1.807) is 0 Å². The molecule has 0 saturated carbocycles. The van der Waals surface area contributed by atoms with Crippen LogP contribution >= 0.6 is 0 Å². The van der Waals surface area contributed by atoms with E-state index in [-0.39, 0.29) is 34.5 Å². The van der Waals surface area contributed by atoms with Crippen LogP contribution in [0.1, 0.15) is 61.8 Å². The van der Waals surface area contributed by atoms with Gasteiger partial charge in [0.05, 0.1) is 24.4 Å². The highest BCUT2D eigenvalue weighted by Gasteiger charge is 2.46. The van der Waals surface area contributed by atoms with Gasteiger partial charge in [0, 0.05) is 12.3 Å². The van der Waals surface area contributed by atoms with Crippen molar-refractivity contribution in [1.82, 2.24) is 0 Å². The van der Waals surface area contributed by atoms with Gasteiger partial charge in [-0.15, -0.1) is 6.58 Å². The molecule has 0 bridgehead atoms. The van der Waals surface area contributed by atoms with Gasteiger partial charge in [-0.1, -0.05) is 66.7 Å². The second kappa shape index (κ2) is 9.51. The van der Waals surface area contributed by atoms with Crippen LogP contribution < -0.4 is 0 Å². The average molecular weight is 441 g/mol. The number of rotatable bonds is 7. The maximum atomic E-state index is 6.90. The number of allylic oxidation sites excluding steroid dienone is 1. The Bertz CT molecular complexity index is 570. The van der Waals surface area contributed by atoms with E-state index in [0.717, 1.165) is 6.42 Å². The molecule has 1 rings (SSSR count). The normalized spacial score (nSPS) is 28.6. The molecule has 0 aromatic heterocycles. The van der Waals surface area contributed by atoms with Gasteiger partial charge in [-0.05, 0) is 43.2 Å². The predicted molar refractivity (Wildman–Crippen MR) is 132 cm³/mol. The third-order valence-electron chi connectivity index (χ3n) is 7.37. The van der Waals surface area contributed by atoms with Crippen molar-refractivity contribution in [1.29, 1.82) is 0 Å². The molecule has 0 spiro atoms. The standard InChI is InChI=1S/C24H48O3Si2/c1-14-16-20-18(3)21(27-29(12,13)24(7,8)9)17-22(25-20)19(15-2)26-28(10,11)23(4,5)6/h14-16,18-22H,2,17H2,1,3-13H3/b16-14+/t18-,19-,20+,21-,22+/m1/s1. The smallest absolute Gasteiger partial charge is 0.193 e. The summed E-state index contributed by atoms with van der Waals surface area (Å²) in [7, 11) is -3.81. The molecule has 1 heterocycles. The highest BCUT2D eigenvalue weighted by Crippen LogP contribution is 2.42. The Hall–Kier alpha value is -0.206. The second-order valence-electron chi connectivity index (χ2n) is 11.8. The van der Waals surface area contributed by atoms with Crippen molar-refractivity contribution in [3.8, 4) is 0 Å². The van der Waals surface area contributed by atoms with Crippen molar-refractivity contribution >= 4 is 16.6 Å².